The van der Waals surface area contributed by atoms with Crippen LogP contribution in [0.2, 0.25) is 0 Å². The van der Waals surface area contributed by atoms with Gasteiger partial charge in [0.1, 0.15) is 12.7 Å². The molecule has 11 nitrogen and oxygen atoms in total. The van der Waals surface area contributed by atoms with Gasteiger partial charge in [-0.05, 0) is 83.5 Å². The van der Waals surface area contributed by atoms with Gasteiger partial charge in [0.25, 0.3) is 0 Å². The summed E-state index contributed by atoms with van der Waals surface area (Å²) in [5.41, 5.74) is 0. The molecule has 3 unspecified atom stereocenters. The van der Waals surface area contributed by atoms with Gasteiger partial charge in [0.15, 0.2) is 6.10 Å². The van der Waals surface area contributed by atoms with E-state index in [0.29, 0.717) is 19.3 Å². The maximum absolute atomic E-state index is 13.0. The number of aliphatic hydroxyl groups excluding tert-OH is 1. The molecule has 0 aromatic heterocycles. The fourth-order valence-corrected chi connectivity index (χ4v) is 9.27. The highest BCUT2D eigenvalue weighted by Gasteiger charge is 2.28. The number of carbonyl (C=O) groups is 3. The summed E-state index contributed by atoms with van der Waals surface area (Å²) < 4.78 is 39.5. The normalized spacial score (nSPS) is 14.0. The highest BCUT2D eigenvalue weighted by Crippen LogP contribution is 2.43. The Balaban J connectivity index is 4.80. The molecule has 0 rings (SSSR count). The van der Waals surface area contributed by atoms with E-state index >= 15 is 0 Å². The number of phosphoric ester groups is 1. The minimum absolute atomic E-state index is 0.0592. The molecule has 0 spiro atoms. The molecule has 0 bridgehead atoms. The van der Waals surface area contributed by atoms with Crippen LogP contribution in [-0.4, -0.2) is 66.5 Å². The Morgan fingerprint density at radius 3 is 1.10 bits per heavy atom. The molecular formula is C68H115O11P. The molecule has 0 fully saturated rings. The first-order chi connectivity index (χ1) is 39.2. The van der Waals surface area contributed by atoms with Crippen molar-refractivity contribution in [1.82, 2.24) is 0 Å². The van der Waals surface area contributed by atoms with E-state index in [4.69, 9.17) is 23.3 Å². The second kappa shape index (κ2) is 61.2. The van der Waals surface area contributed by atoms with Crippen LogP contribution in [0.15, 0.2) is 109 Å². The van der Waals surface area contributed by atoms with E-state index in [1.54, 1.807) is 6.08 Å². The number of esters is 3. The van der Waals surface area contributed by atoms with Crippen LogP contribution < -0.4 is 0 Å². The highest BCUT2D eigenvalue weighted by molar-refractivity contribution is 7.47. The van der Waals surface area contributed by atoms with Crippen molar-refractivity contribution >= 4 is 25.7 Å². The zero-order chi connectivity index (χ0) is 58.3. The van der Waals surface area contributed by atoms with Crippen LogP contribution in [0.1, 0.15) is 265 Å². The summed E-state index contributed by atoms with van der Waals surface area (Å²) in [5, 5.41) is 9.82. The standard InChI is InChI=1S/C68H115O11P/c1-4-7-10-13-16-19-22-25-28-30-32-34-37-39-42-45-48-51-54-57-66(70)75-61-65(79-68(72)59-56-53-50-47-44-41-38-35-33-31-29-26-23-20-17-14-11-8-5-2)63-77-80(73,74)76-62-64(60-69)78-67(71)58-55-52-49-46-43-40-36-27-24-21-18-15-12-9-6-3/h7,9-10,12,16,18-19,21,25,27-28,32,34,36,43,46,52,55,64-65,69H,4-6,8,11,13-15,17,20,22-24,26,29-31,33,35,37-42,44-45,47-51,53-54,56-63H2,1-3H3,(H,73,74)/b10-7-,12-9-,19-16-,21-18-,28-25-,34-32-,36-27-,46-43-,55-52-. The van der Waals surface area contributed by atoms with Crippen LogP contribution in [0, 0.1) is 0 Å². The van der Waals surface area contributed by atoms with Gasteiger partial charge in [0.05, 0.1) is 26.2 Å². The van der Waals surface area contributed by atoms with E-state index in [0.717, 1.165) is 109 Å². The number of hydrogen-bond donors (Lipinski definition) is 2. The molecule has 0 radical (unpaired) electrons. The summed E-state index contributed by atoms with van der Waals surface area (Å²) in [7, 11) is -4.79. The maximum atomic E-state index is 13.0. The molecule has 0 saturated carbocycles. The number of hydrogen-bond acceptors (Lipinski definition) is 10. The highest BCUT2D eigenvalue weighted by atomic mass is 31.2. The van der Waals surface area contributed by atoms with E-state index in [1.807, 2.05) is 18.2 Å². The fourth-order valence-electron chi connectivity index (χ4n) is 8.48. The predicted molar refractivity (Wildman–Crippen MR) is 334 cm³/mol. The lowest BCUT2D eigenvalue weighted by Gasteiger charge is -2.21. The molecule has 0 aromatic carbocycles. The molecule has 0 aromatic rings. The monoisotopic (exact) mass is 1140 g/mol. The van der Waals surface area contributed by atoms with Gasteiger partial charge in [-0.1, -0.05) is 271 Å². The Hall–Kier alpha value is -3.86. The first-order valence-corrected chi connectivity index (χ1v) is 33.3. The van der Waals surface area contributed by atoms with Crippen molar-refractivity contribution < 1.29 is 52.2 Å². The predicted octanol–water partition coefficient (Wildman–Crippen LogP) is 19.4. The van der Waals surface area contributed by atoms with Crippen molar-refractivity contribution in [3.63, 3.8) is 0 Å². The topological polar surface area (TPSA) is 155 Å². The van der Waals surface area contributed by atoms with E-state index in [9.17, 15) is 28.9 Å². The van der Waals surface area contributed by atoms with Crippen LogP contribution >= 0.6 is 7.82 Å². The van der Waals surface area contributed by atoms with E-state index in [1.165, 1.54) is 96.3 Å². The molecule has 0 heterocycles. The Kier molecular flexibility index (Phi) is 58.3. The molecule has 0 saturated heterocycles. The van der Waals surface area contributed by atoms with Gasteiger partial charge in [-0.3, -0.25) is 23.4 Å². The molecule has 80 heavy (non-hydrogen) atoms. The number of unbranched alkanes of at least 4 members (excludes halogenated alkanes) is 24. The largest absolute Gasteiger partial charge is 0.472 e. The quantitative estimate of drug-likeness (QED) is 0.0197. The third-order valence-corrected chi connectivity index (χ3v) is 14.2. The number of allylic oxidation sites excluding steroid dienone is 17. The molecule has 12 heteroatoms. The van der Waals surface area contributed by atoms with Gasteiger partial charge < -0.3 is 24.2 Å². The smallest absolute Gasteiger partial charge is 0.462 e. The third-order valence-electron chi connectivity index (χ3n) is 13.2. The first-order valence-electron chi connectivity index (χ1n) is 31.8. The van der Waals surface area contributed by atoms with Crippen molar-refractivity contribution in [2.45, 2.75) is 277 Å². The van der Waals surface area contributed by atoms with Gasteiger partial charge >= 0.3 is 25.7 Å². The molecule has 0 amide bonds. The summed E-state index contributed by atoms with van der Waals surface area (Å²) in [6.07, 6.45) is 75.0. The number of phosphoric acid groups is 1. The van der Waals surface area contributed by atoms with Crippen molar-refractivity contribution in [1.29, 1.82) is 0 Å². The third kappa shape index (κ3) is 58.8. The Morgan fingerprint density at radius 2 is 0.700 bits per heavy atom. The summed E-state index contributed by atoms with van der Waals surface area (Å²) in [5.74, 6) is -1.61. The summed E-state index contributed by atoms with van der Waals surface area (Å²) in [4.78, 5) is 48.7. The van der Waals surface area contributed by atoms with Gasteiger partial charge in [-0.25, -0.2) is 4.57 Å². The number of carbonyl (C=O) groups excluding carboxylic acids is 3. The Labute approximate surface area is 488 Å². The zero-order valence-electron chi connectivity index (χ0n) is 50.8. The average Bonchev–Trinajstić information content (AvgIpc) is 3.45. The summed E-state index contributed by atoms with van der Waals surface area (Å²) in [6, 6.07) is 0. The van der Waals surface area contributed by atoms with Gasteiger partial charge in [-0.2, -0.15) is 0 Å². The number of rotatable bonds is 58. The van der Waals surface area contributed by atoms with Crippen LogP contribution in [0.25, 0.3) is 0 Å². The molecule has 3 atom stereocenters. The average molecular weight is 1140 g/mol. The summed E-state index contributed by atoms with van der Waals surface area (Å²) >= 11 is 0. The minimum atomic E-state index is -4.79. The fraction of sp³-hybridized carbons (Fsp3) is 0.691. The van der Waals surface area contributed by atoms with Gasteiger partial charge in [-0.15, -0.1) is 0 Å². The lowest BCUT2D eigenvalue weighted by atomic mass is 10.0. The second-order valence-electron chi connectivity index (χ2n) is 20.8. The second-order valence-corrected chi connectivity index (χ2v) is 22.3. The SMILES string of the molecule is CC/C=C\C/C=C\C/C=C\C/C=C\C/C=C\CC(=O)OC(CO)COP(=O)(O)OCC(COC(=O)CCCCCCCC/C=C\C/C=C\C/C=C\C/C=C\CC)OC(=O)CCCCCCCCCCCCCCCCCCCCC. The van der Waals surface area contributed by atoms with Gasteiger partial charge in [0, 0.05) is 12.8 Å². The Morgan fingerprint density at radius 1 is 0.375 bits per heavy atom. The van der Waals surface area contributed by atoms with E-state index < -0.39 is 57.8 Å². The lowest BCUT2D eigenvalue weighted by molar-refractivity contribution is -0.161. The summed E-state index contributed by atoms with van der Waals surface area (Å²) in [6.45, 7) is 4.32. The zero-order valence-corrected chi connectivity index (χ0v) is 51.7. The number of aliphatic hydroxyl groups is 1. The molecule has 0 aliphatic rings. The van der Waals surface area contributed by atoms with Crippen LogP contribution in [-0.2, 0) is 42.2 Å². The van der Waals surface area contributed by atoms with Gasteiger partial charge in [0.2, 0.25) is 0 Å². The lowest BCUT2D eigenvalue weighted by Crippen LogP contribution is -2.30. The van der Waals surface area contributed by atoms with Crippen LogP contribution in [0.3, 0.4) is 0 Å². The molecular weight excluding hydrogens is 1020 g/mol. The molecule has 458 valence electrons. The first kappa shape index (κ1) is 76.1. The van der Waals surface area contributed by atoms with Crippen molar-refractivity contribution in [2.75, 3.05) is 26.4 Å². The maximum Gasteiger partial charge on any atom is 0.472 e. The molecule has 0 aliphatic carbocycles. The molecule has 2 N–H and O–H groups in total. The van der Waals surface area contributed by atoms with Crippen LogP contribution in [0.5, 0.6) is 0 Å². The number of ether oxygens (including phenoxy) is 3. The van der Waals surface area contributed by atoms with Crippen molar-refractivity contribution in [3.05, 3.63) is 109 Å². The van der Waals surface area contributed by atoms with Crippen molar-refractivity contribution in [3.8, 4) is 0 Å². The minimum Gasteiger partial charge on any atom is -0.462 e. The van der Waals surface area contributed by atoms with Crippen molar-refractivity contribution in [2.24, 2.45) is 0 Å². The molecule has 0 aliphatic heterocycles. The van der Waals surface area contributed by atoms with E-state index in [2.05, 4.69) is 106 Å². The van der Waals surface area contributed by atoms with Crippen LogP contribution in [0.4, 0.5) is 0 Å². The van der Waals surface area contributed by atoms with E-state index in [-0.39, 0.29) is 25.9 Å². The Bertz CT molecular complexity index is 1760.